The summed E-state index contributed by atoms with van der Waals surface area (Å²) < 4.78 is 17.0. The fraction of sp³-hybridized carbons (Fsp3) is 0.0870. The zero-order chi connectivity index (χ0) is 50.6. The third-order valence-corrected chi connectivity index (χ3v) is 16.6. The first-order valence-electron chi connectivity index (χ1n) is 26.1. The van der Waals surface area contributed by atoms with Gasteiger partial charge in [0.1, 0.15) is 11.2 Å². The summed E-state index contributed by atoms with van der Waals surface area (Å²) in [6.07, 6.45) is 0. The number of nitrogens with zero attached hydrogens (tertiary/aromatic N) is 5. The number of anilines is 3. The summed E-state index contributed by atoms with van der Waals surface area (Å²) in [7, 11) is 0. The normalized spacial score (nSPS) is 14.4. The molecule has 0 bridgehead atoms. The van der Waals surface area contributed by atoms with E-state index >= 15 is 0 Å². The third-order valence-electron chi connectivity index (χ3n) is 16.6. The molecule has 0 saturated carbocycles. The van der Waals surface area contributed by atoms with Crippen molar-refractivity contribution in [2.45, 2.75) is 38.5 Å². The highest BCUT2D eigenvalue weighted by atomic mass is 16.5. The average molecular weight is 978 g/mol. The lowest BCUT2D eigenvalue weighted by Crippen LogP contribution is -2.21. The number of hydrogen-bond donors (Lipinski definition) is 0. The van der Waals surface area contributed by atoms with Crippen molar-refractivity contribution in [2.75, 3.05) is 4.90 Å². The Morgan fingerprint density at radius 1 is 0.382 bits per heavy atom. The smallest absolute Gasteiger partial charge is 0.238 e. The van der Waals surface area contributed by atoms with Gasteiger partial charge in [-0.2, -0.15) is 9.97 Å². The van der Waals surface area contributed by atoms with Gasteiger partial charge in [0.05, 0.1) is 16.9 Å². The monoisotopic (exact) mass is 977 g/mol. The summed E-state index contributed by atoms with van der Waals surface area (Å²) in [5.74, 6) is 4.46. The Hall–Kier alpha value is -9.59. The first-order valence-corrected chi connectivity index (χ1v) is 26.1. The molecule has 0 unspecified atom stereocenters. The van der Waals surface area contributed by atoms with E-state index in [2.05, 4.69) is 189 Å². The molecule has 0 fully saturated rings. The molecular weight excluding hydrogens is 931 g/mol. The molecule has 0 saturated heterocycles. The molecule has 2 aromatic heterocycles. The highest BCUT2D eigenvalue weighted by Gasteiger charge is 2.41. The van der Waals surface area contributed by atoms with E-state index in [0.717, 1.165) is 72.6 Å². The van der Waals surface area contributed by atoms with Gasteiger partial charge in [0.15, 0.2) is 34.6 Å². The van der Waals surface area contributed by atoms with Crippen molar-refractivity contribution < 1.29 is 9.47 Å². The SMILES string of the molecule is CC1(C)c2ccccc2-c2c(-c3ccc4c(c3)Oc3cc5c6ccccc6n(-c6nc(-c7ccccc7)nc(-c7ccccc7)n6)c5c5c3N4c3ccc(-c4cccc6c4-c4ccccc4C6(C)C)cc3O5)cccc21. The van der Waals surface area contributed by atoms with Gasteiger partial charge in [0.2, 0.25) is 5.95 Å². The van der Waals surface area contributed by atoms with Crippen LogP contribution in [0.25, 0.3) is 95.0 Å². The van der Waals surface area contributed by atoms with E-state index < -0.39 is 0 Å². The van der Waals surface area contributed by atoms with Crippen LogP contribution in [-0.2, 0) is 10.8 Å². The highest BCUT2D eigenvalue weighted by molar-refractivity contribution is 6.16. The van der Waals surface area contributed by atoms with Gasteiger partial charge in [-0.15, -0.1) is 0 Å². The van der Waals surface area contributed by atoms with E-state index in [9.17, 15) is 0 Å². The van der Waals surface area contributed by atoms with Gasteiger partial charge in [0.25, 0.3) is 0 Å². The summed E-state index contributed by atoms with van der Waals surface area (Å²) >= 11 is 0. The Morgan fingerprint density at radius 3 is 1.45 bits per heavy atom. The first kappa shape index (κ1) is 42.9. The Labute approximate surface area is 440 Å². The molecule has 360 valence electrons. The second-order valence-electron chi connectivity index (χ2n) is 21.5. The minimum absolute atomic E-state index is 0.129. The molecule has 76 heavy (non-hydrogen) atoms. The Bertz CT molecular complexity index is 4410. The maximum Gasteiger partial charge on any atom is 0.238 e. The predicted molar refractivity (Wildman–Crippen MR) is 306 cm³/mol. The van der Waals surface area contributed by atoms with Crippen molar-refractivity contribution in [2.24, 2.45) is 0 Å². The molecule has 0 amide bonds. The molecular formula is C69H47N5O2. The van der Waals surface area contributed by atoms with Gasteiger partial charge >= 0.3 is 0 Å². The molecule has 10 aromatic carbocycles. The lowest BCUT2D eigenvalue weighted by Gasteiger charge is -2.38. The Morgan fingerprint density at radius 2 is 0.868 bits per heavy atom. The standard InChI is InChI=1S/C69H47N5O2/c1-68(2)50-28-14-11-24-47(50)60-44(26-17-30-52(60)68)42-33-35-55-57(37-42)75-59-39-49-46-23-13-16-32-54(46)74(67-71-65(40-19-7-5-8-20-40)70-66(72-67)41-21-9-6-10-22-41)62(49)64-63(59)73(55)56-36-34-43(38-58(56)76-64)45-27-18-31-53-61(45)48-25-12-15-29-51(48)69(53,3)4/h5-39H,1-4H3. The van der Waals surface area contributed by atoms with E-state index in [4.69, 9.17) is 24.4 Å². The van der Waals surface area contributed by atoms with Crippen LogP contribution in [0.15, 0.2) is 212 Å². The molecule has 0 spiro atoms. The molecule has 7 heteroatoms. The van der Waals surface area contributed by atoms with Gasteiger partial charge < -0.3 is 9.47 Å². The van der Waals surface area contributed by atoms with Crippen LogP contribution >= 0.6 is 0 Å². The van der Waals surface area contributed by atoms with Gasteiger partial charge in [-0.3, -0.25) is 9.47 Å². The largest absolute Gasteiger partial charge is 0.453 e. The zero-order valence-corrected chi connectivity index (χ0v) is 42.3. The number of rotatable bonds is 5. The van der Waals surface area contributed by atoms with Crippen LogP contribution in [0.2, 0.25) is 0 Å². The minimum atomic E-state index is -0.146. The van der Waals surface area contributed by atoms with Gasteiger partial charge in [0, 0.05) is 32.7 Å². The fourth-order valence-electron chi connectivity index (χ4n) is 13.0. The summed E-state index contributed by atoms with van der Waals surface area (Å²) in [6.45, 7) is 9.34. The van der Waals surface area contributed by atoms with Gasteiger partial charge in [-0.1, -0.05) is 204 Å². The fourth-order valence-corrected chi connectivity index (χ4v) is 13.0. The van der Waals surface area contributed by atoms with Crippen LogP contribution in [0.3, 0.4) is 0 Å². The van der Waals surface area contributed by atoms with Crippen molar-refractivity contribution in [3.05, 3.63) is 235 Å². The molecule has 0 radical (unpaired) electrons. The highest BCUT2D eigenvalue weighted by Crippen LogP contribution is 2.64. The van der Waals surface area contributed by atoms with Crippen LogP contribution < -0.4 is 14.4 Å². The number of para-hydroxylation sites is 1. The van der Waals surface area contributed by atoms with Crippen LogP contribution in [0.4, 0.5) is 17.1 Å². The number of benzene rings is 10. The molecule has 0 atom stereocenters. The van der Waals surface area contributed by atoms with Crippen molar-refractivity contribution >= 4 is 38.9 Å². The molecule has 12 aromatic rings. The maximum atomic E-state index is 7.55. The maximum absolute atomic E-state index is 7.55. The average Bonchev–Trinajstić information content (AvgIpc) is 4.03. The number of fused-ring (bicyclic) bond motifs is 14. The Balaban J connectivity index is 0.951. The van der Waals surface area contributed by atoms with E-state index in [1.54, 1.807) is 0 Å². The van der Waals surface area contributed by atoms with Crippen LogP contribution in [0, 0.1) is 0 Å². The van der Waals surface area contributed by atoms with Crippen molar-refractivity contribution in [1.29, 1.82) is 0 Å². The molecule has 2 aliphatic heterocycles. The molecule has 2 aliphatic carbocycles. The third kappa shape index (κ3) is 5.91. The molecule has 16 rings (SSSR count). The predicted octanol–water partition coefficient (Wildman–Crippen LogP) is 17.9. The second kappa shape index (κ2) is 15.5. The number of aromatic nitrogens is 4. The minimum Gasteiger partial charge on any atom is -0.453 e. The lowest BCUT2D eigenvalue weighted by molar-refractivity contribution is 0.449. The lowest BCUT2D eigenvalue weighted by atomic mass is 9.82. The quantitative estimate of drug-likeness (QED) is 0.171. The Kier molecular flexibility index (Phi) is 8.73. The molecule has 7 nitrogen and oxygen atoms in total. The second-order valence-corrected chi connectivity index (χ2v) is 21.5. The van der Waals surface area contributed by atoms with Crippen molar-refractivity contribution in [3.8, 4) is 96.2 Å². The van der Waals surface area contributed by atoms with E-state index in [1.807, 2.05) is 60.7 Å². The number of ether oxygens (including phenoxy) is 2. The summed E-state index contributed by atoms with van der Waals surface area (Å²) in [5.41, 5.74) is 20.9. The van der Waals surface area contributed by atoms with E-state index in [0.29, 0.717) is 29.1 Å². The number of hydrogen-bond acceptors (Lipinski definition) is 6. The van der Waals surface area contributed by atoms with Crippen LogP contribution in [0.5, 0.6) is 23.0 Å². The topological polar surface area (TPSA) is 65.3 Å². The molecule has 4 aliphatic rings. The molecule has 0 N–H and O–H groups in total. The molecule has 4 heterocycles. The summed E-state index contributed by atoms with van der Waals surface area (Å²) in [5, 5.41) is 1.96. The van der Waals surface area contributed by atoms with Crippen LogP contribution in [0.1, 0.15) is 49.9 Å². The summed E-state index contributed by atoms with van der Waals surface area (Å²) in [6, 6.07) is 75.5. The van der Waals surface area contributed by atoms with Gasteiger partial charge in [-0.25, -0.2) is 4.98 Å². The van der Waals surface area contributed by atoms with Crippen molar-refractivity contribution in [1.82, 2.24) is 19.5 Å². The summed E-state index contributed by atoms with van der Waals surface area (Å²) in [4.78, 5) is 18.1. The van der Waals surface area contributed by atoms with Gasteiger partial charge in [-0.05, 0) is 103 Å². The van der Waals surface area contributed by atoms with Crippen molar-refractivity contribution in [3.63, 3.8) is 0 Å². The van der Waals surface area contributed by atoms with Crippen LogP contribution in [-0.4, -0.2) is 19.5 Å². The van der Waals surface area contributed by atoms with E-state index in [1.165, 1.54) is 55.6 Å². The first-order chi connectivity index (χ1) is 37.2. The van der Waals surface area contributed by atoms with E-state index in [-0.39, 0.29) is 10.8 Å². The zero-order valence-electron chi connectivity index (χ0n) is 42.3.